The summed E-state index contributed by atoms with van der Waals surface area (Å²) in [6, 6.07) is 2.08. The molecule has 1 aromatic heterocycles. The number of anilines is 1. The Bertz CT molecular complexity index is 414. The first-order valence-corrected chi connectivity index (χ1v) is 7.78. The average molecular weight is 276 g/mol. The number of ether oxygens (including phenoxy) is 1. The Morgan fingerprint density at radius 3 is 3.00 bits per heavy atom. The van der Waals surface area contributed by atoms with Gasteiger partial charge in [0.25, 0.3) is 0 Å². The predicted molar refractivity (Wildman–Crippen MR) is 79.0 cm³/mol. The number of hydrogen-bond donors (Lipinski definition) is 1. The SMILES string of the molecule is c1nc(NCCCN2CCCC2)cc([C@@H]2CCOC2)n1. The average Bonchev–Trinajstić information content (AvgIpc) is 3.17. The summed E-state index contributed by atoms with van der Waals surface area (Å²) in [5, 5.41) is 3.41. The minimum atomic E-state index is 0.447. The molecule has 1 N–H and O–H groups in total. The van der Waals surface area contributed by atoms with Gasteiger partial charge in [0.1, 0.15) is 12.1 Å². The van der Waals surface area contributed by atoms with E-state index < -0.39 is 0 Å². The highest BCUT2D eigenvalue weighted by Gasteiger charge is 2.19. The van der Waals surface area contributed by atoms with E-state index in [9.17, 15) is 0 Å². The van der Waals surface area contributed by atoms with Crippen LogP contribution in [0.2, 0.25) is 0 Å². The number of aromatic nitrogens is 2. The Morgan fingerprint density at radius 2 is 2.20 bits per heavy atom. The number of nitrogens with zero attached hydrogens (tertiary/aromatic N) is 3. The van der Waals surface area contributed by atoms with Gasteiger partial charge in [0.2, 0.25) is 0 Å². The van der Waals surface area contributed by atoms with Gasteiger partial charge in [-0.2, -0.15) is 0 Å². The van der Waals surface area contributed by atoms with Gasteiger partial charge in [0.15, 0.2) is 0 Å². The van der Waals surface area contributed by atoms with Gasteiger partial charge in [-0.15, -0.1) is 0 Å². The van der Waals surface area contributed by atoms with Crippen LogP contribution in [-0.4, -0.2) is 54.3 Å². The summed E-state index contributed by atoms with van der Waals surface area (Å²) in [7, 11) is 0. The third-order valence-electron chi connectivity index (χ3n) is 4.19. The van der Waals surface area contributed by atoms with E-state index in [-0.39, 0.29) is 0 Å². The zero-order chi connectivity index (χ0) is 13.6. The van der Waals surface area contributed by atoms with Crippen LogP contribution in [-0.2, 0) is 4.74 Å². The third-order valence-corrected chi connectivity index (χ3v) is 4.19. The first-order valence-electron chi connectivity index (χ1n) is 7.78. The molecule has 2 fully saturated rings. The maximum Gasteiger partial charge on any atom is 0.129 e. The van der Waals surface area contributed by atoms with Crippen LogP contribution in [0.25, 0.3) is 0 Å². The maximum atomic E-state index is 5.42. The quantitative estimate of drug-likeness (QED) is 0.804. The van der Waals surface area contributed by atoms with Gasteiger partial charge in [0.05, 0.1) is 12.3 Å². The molecule has 0 bridgehead atoms. The lowest BCUT2D eigenvalue weighted by atomic mass is 10.1. The number of rotatable bonds is 6. The van der Waals surface area contributed by atoms with Gasteiger partial charge in [0, 0.05) is 25.1 Å². The molecule has 2 aliphatic heterocycles. The fourth-order valence-electron chi connectivity index (χ4n) is 2.99. The molecule has 2 saturated heterocycles. The molecule has 5 heteroatoms. The Labute approximate surface area is 120 Å². The van der Waals surface area contributed by atoms with Crippen molar-refractivity contribution in [2.75, 3.05) is 44.7 Å². The van der Waals surface area contributed by atoms with Crippen molar-refractivity contribution in [1.29, 1.82) is 0 Å². The van der Waals surface area contributed by atoms with E-state index >= 15 is 0 Å². The maximum absolute atomic E-state index is 5.42. The summed E-state index contributed by atoms with van der Waals surface area (Å²) in [5.74, 6) is 1.39. The van der Waals surface area contributed by atoms with Gasteiger partial charge >= 0.3 is 0 Å². The molecule has 1 aromatic rings. The topological polar surface area (TPSA) is 50.3 Å². The molecule has 20 heavy (non-hydrogen) atoms. The predicted octanol–water partition coefficient (Wildman–Crippen LogP) is 1.88. The fraction of sp³-hybridized carbons (Fsp3) is 0.733. The van der Waals surface area contributed by atoms with Gasteiger partial charge in [-0.3, -0.25) is 0 Å². The molecular formula is C15H24N4O. The largest absolute Gasteiger partial charge is 0.381 e. The molecule has 110 valence electrons. The number of nitrogens with one attached hydrogen (secondary N) is 1. The van der Waals surface area contributed by atoms with Crippen molar-refractivity contribution in [3.63, 3.8) is 0 Å². The lowest BCUT2D eigenvalue weighted by molar-refractivity contribution is 0.193. The molecule has 1 atom stereocenters. The Morgan fingerprint density at radius 1 is 1.30 bits per heavy atom. The zero-order valence-corrected chi connectivity index (χ0v) is 12.1. The van der Waals surface area contributed by atoms with Gasteiger partial charge in [-0.05, 0) is 45.3 Å². The van der Waals surface area contributed by atoms with E-state index in [1.54, 1.807) is 6.33 Å². The van der Waals surface area contributed by atoms with E-state index in [4.69, 9.17) is 4.74 Å². The van der Waals surface area contributed by atoms with Gasteiger partial charge in [-0.25, -0.2) is 9.97 Å². The summed E-state index contributed by atoms with van der Waals surface area (Å²) >= 11 is 0. The van der Waals surface area contributed by atoms with Crippen molar-refractivity contribution < 1.29 is 4.74 Å². The fourth-order valence-corrected chi connectivity index (χ4v) is 2.99. The van der Waals surface area contributed by atoms with Gasteiger partial charge < -0.3 is 15.0 Å². The smallest absolute Gasteiger partial charge is 0.129 e. The lowest BCUT2D eigenvalue weighted by Gasteiger charge is -2.14. The minimum absolute atomic E-state index is 0.447. The van der Waals surface area contributed by atoms with Crippen molar-refractivity contribution in [3.05, 3.63) is 18.1 Å². The third kappa shape index (κ3) is 3.67. The van der Waals surface area contributed by atoms with Crippen molar-refractivity contribution in [2.45, 2.75) is 31.6 Å². The van der Waals surface area contributed by atoms with Crippen LogP contribution in [0.3, 0.4) is 0 Å². The van der Waals surface area contributed by atoms with E-state index in [0.29, 0.717) is 5.92 Å². The van der Waals surface area contributed by atoms with Crippen LogP contribution in [0, 0.1) is 0 Å². The van der Waals surface area contributed by atoms with Crippen LogP contribution in [0.15, 0.2) is 12.4 Å². The molecule has 0 aromatic carbocycles. The highest BCUT2D eigenvalue weighted by atomic mass is 16.5. The molecule has 0 spiro atoms. The zero-order valence-electron chi connectivity index (χ0n) is 12.1. The summed E-state index contributed by atoms with van der Waals surface area (Å²) in [4.78, 5) is 11.2. The van der Waals surface area contributed by atoms with E-state index in [2.05, 4.69) is 26.3 Å². The van der Waals surface area contributed by atoms with Crippen LogP contribution in [0.1, 0.15) is 37.3 Å². The second kappa shape index (κ2) is 6.99. The first kappa shape index (κ1) is 13.8. The highest BCUT2D eigenvalue weighted by Crippen LogP contribution is 2.24. The summed E-state index contributed by atoms with van der Waals surface area (Å²) in [6.07, 6.45) is 6.64. The molecule has 0 saturated carbocycles. The molecule has 2 aliphatic rings. The van der Waals surface area contributed by atoms with Crippen LogP contribution in [0.4, 0.5) is 5.82 Å². The van der Waals surface area contributed by atoms with Crippen molar-refractivity contribution in [2.24, 2.45) is 0 Å². The molecule has 0 aliphatic carbocycles. The highest BCUT2D eigenvalue weighted by molar-refractivity contribution is 5.35. The van der Waals surface area contributed by atoms with Crippen molar-refractivity contribution in [1.82, 2.24) is 14.9 Å². The molecule has 0 amide bonds. The molecule has 5 nitrogen and oxygen atoms in total. The first-order chi connectivity index (χ1) is 9.92. The van der Waals surface area contributed by atoms with Crippen molar-refractivity contribution in [3.8, 4) is 0 Å². The molecule has 0 unspecified atom stereocenters. The summed E-state index contributed by atoms with van der Waals surface area (Å²) in [5.41, 5.74) is 1.11. The van der Waals surface area contributed by atoms with Crippen LogP contribution in [0.5, 0.6) is 0 Å². The molecule has 3 rings (SSSR count). The second-order valence-corrected chi connectivity index (χ2v) is 5.72. The van der Waals surface area contributed by atoms with Crippen LogP contribution >= 0.6 is 0 Å². The standard InChI is InChI=1S/C15H24N4O/c1-2-7-19(6-1)8-3-5-16-15-10-14(17-12-18-15)13-4-9-20-11-13/h10,12-13H,1-9,11H2,(H,16,17,18)/t13-/m1/s1. The van der Waals surface area contributed by atoms with Crippen LogP contribution < -0.4 is 5.32 Å². The van der Waals surface area contributed by atoms with E-state index in [0.717, 1.165) is 37.7 Å². The second-order valence-electron chi connectivity index (χ2n) is 5.72. The number of hydrogen-bond acceptors (Lipinski definition) is 5. The van der Waals surface area contributed by atoms with E-state index in [1.807, 2.05) is 0 Å². The Hall–Kier alpha value is -1.20. The number of likely N-dealkylation sites (tertiary alicyclic amines) is 1. The summed E-state index contributed by atoms with van der Waals surface area (Å²) < 4.78 is 5.42. The normalized spacial score (nSPS) is 23.3. The van der Waals surface area contributed by atoms with E-state index in [1.165, 1.54) is 38.9 Å². The minimum Gasteiger partial charge on any atom is -0.381 e. The Balaban J connectivity index is 1.43. The molecule has 0 radical (unpaired) electrons. The lowest BCUT2D eigenvalue weighted by Crippen LogP contribution is -2.22. The van der Waals surface area contributed by atoms with Gasteiger partial charge in [-0.1, -0.05) is 0 Å². The molecule has 3 heterocycles. The molecular weight excluding hydrogens is 252 g/mol. The summed E-state index contributed by atoms with van der Waals surface area (Å²) in [6.45, 7) is 6.38. The Kier molecular flexibility index (Phi) is 4.82. The monoisotopic (exact) mass is 276 g/mol. The van der Waals surface area contributed by atoms with Crippen molar-refractivity contribution >= 4 is 5.82 Å².